The van der Waals surface area contributed by atoms with Crippen molar-refractivity contribution in [3.8, 4) is 50.6 Å². The van der Waals surface area contributed by atoms with E-state index in [2.05, 4.69) is 211 Å². The fourth-order valence-corrected chi connectivity index (χ4v) is 14.6. The van der Waals surface area contributed by atoms with Crippen LogP contribution < -0.4 is 25.5 Å². The van der Waals surface area contributed by atoms with Crippen molar-refractivity contribution >= 4 is 62.2 Å². The van der Waals surface area contributed by atoms with Gasteiger partial charge in [0.15, 0.2) is 8.07 Å². The second-order valence-electron chi connectivity index (χ2n) is 15.0. The Labute approximate surface area is 343 Å². The van der Waals surface area contributed by atoms with E-state index >= 15 is 0 Å². The molecule has 0 amide bonds. The summed E-state index contributed by atoms with van der Waals surface area (Å²) in [7, 11) is -3.08. The molecule has 0 saturated heterocycles. The van der Waals surface area contributed by atoms with E-state index in [0.29, 0.717) is 5.02 Å². The Morgan fingerprint density at radius 1 is 0.379 bits per heavy atom. The molecule has 4 heteroatoms. The maximum absolute atomic E-state index is 6.75. The van der Waals surface area contributed by atoms with Crippen molar-refractivity contribution in [2.75, 3.05) is 0 Å². The van der Waals surface area contributed by atoms with Crippen LogP contribution in [0.15, 0.2) is 218 Å². The van der Waals surface area contributed by atoms with Crippen molar-refractivity contribution in [1.29, 1.82) is 0 Å². The lowest BCUT2D eigenvalue weighted by Crippen LogP contribution is -2.76. The van der Waals surface area contributed by atoms with Crippen molar-refractivity contribution in [3.63, 3.8) is 0 Å². The number of nitrogens with zero attached hydrogens (tertiary/aromatic N) is 1. The molecule has 1 atom stereocenters. The lowest BCUT2D eigenvalue weighted by atomic mass is 9.99. The van der Waals surface area contributed by atoms with Crippen LogP contribution in [-0.4, -0.2) is 12.6 Å². The monoisotopic (exact) mass is 777 g/mol. The molecule has 0 N–H and O–H groups in total. The molecule has 0 spiro atoms. The minimum absolute atomic E-state index is 0.654. The fourth-order valence-electron chi connectivity index (χ4n) is 9.27. The number of hydrogen-bond acceptors (Lipinski definition) is 1. The van der Waals surface area contributed by atoms with E-state index in [4.69, 9.17) is 16.3 Å². The Bertz CT molecular complexity index is 3120. The van der Waals surface area contributed by atoms with E-state index in [1.807, 2.05) is 12.1 Å². The van der Waals surface area contributed by atoms with E-state index in [1.54, 1.807) is 0 Å². The quantitative estimate of drug-likeness (QED) is 0.153. The van der Waals surface area contributed by atoms with E-state index in [9.17, 15) is 0 Å². The normalized spacial score (nSPS) is 14.5. The summed E-state index contributed by atoms with van der Waals surface area (Å²) in [5.74, 6) is 1.68. The molecule has 0 aliphatic carbocycles. The van der Waals surface area contributed by atoms with E-state index in [1.165, 1.54) is 70.4 Å². The van der Waals surface area contributed by atoms with Gasteiger partial charge in [-0.05, 0) is 103 Å². The SMILES string of the molecule is Clc1ccc2c(c1)Oc1ccccc1[Si]2(c1ccc(-c2cccc(-c3ccccc3)c2)cc1)c1ccccc1-c1cccc(-n2c3ccccc3c3ccccc32)c1. The highest BCUT2D eigenvalue weighted by atomic mass is 35.5. The van der Waals surface area contributed by atoms with Crippen molar-refractivity contribution < 1.29 is 4.74 Å². The third-order valence-electron chi connectivity index (χ3n) is 11.8. The van der Waals surface area contributed by atoms with Crippen LogP contribution in [0.3, 0.4) is 0 Å². The zero-order chi connectivity index (χ0) is 38.6. The summed E-state index contributed by atoms with van der Waals surface area (Å²) < 4.78 is 9.15. The van der Waals surface area contributed by atoms with Crippen molar-refractivity contribution in [2.45, 2.75) is 0 Å². The van der Waals surface area contributed by atoms with Gasteiger partial charge in [-0.1, -0.05) is 181 Å². The van der Waals surface area contributed by atoms with Crippen LogP contribution in [0, 0.1) is 0 Å². The molecule has 0 bridgehead atoms. The largest absolute Gasteiger partial charge is 0.457 e. The Hall–Kier alpha value is -6.91. The second-order valence-corrected chi connectivity index (χ2v) is 19.1. The standard InChI is InChI=1S/C54H36ClNOSi/c55-42-30-33-54-51(36-42)57-50-25-9-11-27-53(50)58(54,44-31-28-38(29-32-44)40-17-12-16-39(34-40)37-14-2-1-3-15-37)52-26-10-6-20-45(52)41-18-13-19-43(35-41)56-48-23-7-4-21-46(48)47-22-5-8-24-49(47)56/h1-36H. The van der Waals surface area contributed by atoms with E-state index < -0.39 is 8.07 Å². The van der Waals surface area contributed by atoms with E-state index in [0.717, 1.165) is 22.7 Å². The van der Waals surface area contributed by atoms with Gasteiger partial charge in [0.1, 0.15) is 11.5 Å². The molecule has 1 unspecified atom stereocenters. The summed E-state index contributed by atoms with van der Waals surface area (Å²) in [6.07, 6.45) is 0. The summed E-state index contributed by atoms with van der Waals surface area (Å²) in [6.45, 7) is 0. The number of halogens is 1. The summed E-state index contributed by atoms with van der Waals surface area (Å²) in [5.41, 5.74) is 10.7. The Morgan fingerprint density at radius 2 is 0.948 bits per heavy atom. The number of benzene rings is 9. The first-order valence-electron chi connectivity index (χ1n) is 19.7. The number of fused-ring (bicyclic) bond motifs is 5. The predicted octanol–water partition coefficient (Wildman–Crippen LogP) is 11.9. The maximum atomic E-state index is 6.75. The summed E-state index contributed by atoms with van der Waals surface area (Å²) in [4.78, 5) is 0. The zero-order valence-electron chi connectivity index (χ0n) is 31.5. The molecule has 1 aliphatic rings. The number of aromatic nitrogens is 1. The molecule has 2 nitrogen and oxygen atoms in total. The summed E-state index contributed by atoms with van der Waals surface area (Å²) in [6, 6.07) is 79.0. The highest BCUT2D eigenvalue weighted by Crippen LogP contribution is 2.36. The first-order valence-corrected chi connectivity index (χ1v) is 22.1. The van der Waals surface area contributed by atoms with Gasteiger partial charge in [0.25, 0.3) is 0 Å². The van der Waals surface area contributed by atoms with Crippen LogP contribution in [0.1, 0.15) is 0 Å². The molecular formula is C54H36ClNOSi. The number of ether oxygens (including phenoxy) is 1. The smallest absolute Gasteiger partial charge is 0.188 e. The van der Waals surface area contributed by atoms with Crippen LogP contribution in [0.2, 0.25) is 5.02 Å². The van der Waals surface area contributed by atoms with Gasteiger partial charge in [0.05, 0.1) is 11.0 Å². The molecule has 11 rings (SSSR count). The predicted molar refractivity (Wildman–Crippen MR) is 246 cm³/mol. The molecule has 1 aromatic heterocycles. The fraction of sp³-hybridized carbons (Fsp3) is 0. The summed E-state index contributed by atoms with van der Waals surface area (Å²) in [5, 5.41) is 8.13. The molecule has 0 saturated carbocycles. The minimum atomic E-state index is -3.08. The van der Waals surface area contributed by atoms with Gasteiger partial charge in [-0.15, -0.1) is 0 Å². The molecule has 0 fully saturated rings. The molecule has 10 aromatic rings. The topological polar surface area (TPSA) is 14.2 Å². The molecule has 274 valence electrons. The maximum Gasteiger partial charge on any atom is 0.188 e. The van der Waals surface area contributed by atoms with Crippen LogP contribution in [0.25, 0.3) is 60.9 Å². The van der Waals surface area contributed by atoms with Gasteiger partial charge < -0.3 is 9.30 Å². The molecule has 9 aromatic carbocycles. The van der Waals surface area contributed by atoms with Crippen LogP contribution in [-0.2, 0) is 0 Å². The van der Waals surface area contributed by atoms with Gasteiger partial charge >= 0.3 is 0 Å². The average Bonchev–Trinajstić information content (AvgIpc) is 3.63. The van der Waals surface area contributed by atoms with Gasteiger partial charge in [-0.2, -0.15) is 0 Å². The lowest BCUT2D eigenvalue weighted by Gasteiger charge is -2.40. The second kappa shape index (κ2) is 13.9. The molecule has 0 radical (unpaired) electrons. The van der Waals surface area contributed by atoms with Gasteiger partial charge in [-0.3, -0.25) is 0 Å². The molecule has 2 heterocycles. The highest BCUT2D eigenvalue weighted by Gasteiger charge is 2.49. The minimum Gasteiger partial charge on any atom is -0.457 e. The Balaban J connectivity index is 1.14. The molecule has 1 aliphatic heterocycles. The summed E-state index contributed by atoms with van der Waals surface area (Å²) >= 11 is 6.74. The van der Waals surface area contributed by atoms with Crippen molar-refractivity contribution in [2.24, 2.45) is 0 Å². The Kier molecular flexibility index (Phi) is 8.25. The third-order valence-corrected chi connectivity index (χ3v) is 16.9. The van der Waals surface area contributed by atoms with E-state index in [-0.39, 0.29) is 0 Å². The first-order chi connectivity index (χ1) is 28.7. The molecular weight excluding hydrogens is 742 g/mol. The van der Waals surface area contributed by atoms with Crippen LogP contribution in [0.4, 0.5) is 0 Å². The lowest BCUT2D eigenvalue weighted by molar-refractivity contribution is 0.487. The van der Waals surface area contributed by atoms with Gasteiger partial charge in [0.2, 0.25) is 0 Å². The van der Waals surface area contributed by atoms with Crippen molar-refractivity contribution in [1.82, 2.24) is 4.57 Å². The Morgan fingerprint density at radius 3 is 1.71 bits per heavy atom. The highest BCUT2D eigenvalue weighted by molar-refractivity contribution is 7.21. The van der Waals surface area contributed by atoms with Gasteiger partial charge in [0, 0.05) is 21.5 Å². The zero-order valence-corrected chi connectivity index (χ0v) is 33.3. The van der Waals surface area contributed by atoms with Crippen molar-refractivity contribution in [3.05, 3.63) is 223 Å². The first kappa shape index (κ1) is 34.3. The number of rotatable bonds is 6. The van der Waals surface area contributed by atoms with Crippen LogP contribution >= 0.6 is 11.6 Å². The van der Waals surface area contributed by atoms with Crippen LogP contribution in [0.5, 0.6) is 11.5 Å². The third kappa shape index (κ3) is 5.47. The number of hydrogen-bond donors (Lipinski definition) is 0. The molecule has 58 heavy (non-hydrogen) atoms. The number of para-hydroxylation sites is 3. The van der Waals surface area contributed by atoms with Gasteiger partial charge in [-0.25, -0.2) is 0 Å². The average molecular weight is 778 g/mol.